The lowest BCUT2D eigenvalue weighted by Crippen LogP contribution is -2.34. The smallest absolute Gasteiger partial charge is 0.147 e. The molecule has 3 aliphatic rings. The van der Waals surface area contributed by atoms with Crippen molar-refractivity contribution in [3.63, 3.8) is 0 Å². The van der Waals surface area contributed by atoms with Crippen LogP contribution < -0.4 is 0 Å². The van der Waals surface area contributed by atoms with Gasteiger partial charge >= 0.3 is 0 Å². The standard InChI is InChI=1S/C20H18N2O2/c23-15-6-1-7-20(15)12-19(11-16(20)24)10-13-4-2-8-21-17(13)14-5-3-9-22-18(14)19/h2-5,8-9H,1,6-7,10-12H2/t19?,20-/m0/s1. The van der Waals surface area contributed by atoms with E-state index < -0.39 is 5.41 Å². The number of carbonyl (C=O) groups excluding carboxylic acids is 2. The van der Waals surface area contributed by atoms with Crippen LogP contribution in [0.3, 0.4) is 0 Å². The lowest BCUT2D eigenvalue weighted by atomic mass is 9.68. The molecule has 2 aromatic rings. The highest BCUT2D eigenvalue weighted by molar-refractivity contribution is 6.10. The summed E-state index contributed by atoms with van der Waals surface area (Å²) in [4.78, 5) is 34.7. The zero-order valence-corrected chi connectivity index (χ0v) is 13.4. The maximum Gasteiger partial charge on any atom is 0.147 e. The Labute approximate surface area is 140 Å². The first-order valence-electron chi connectivity index (χ1n) is 8.61. The largest absolute Gasteiger partial charge is 0.299 e. The van der Waals surface area contributed by atoms with E-state index in [0.717, 1.165) is 35.4 Å². The van der Waals surface area contributed by atoms with E-state index in [1.54, 1.807) is 12.4 Å². The van der Waals surface area contributed by atoms with Crippen LogP contribution in [0.15, 0.2) is 36.7 Å². The van der Waals surface area contributed by atoms with E-state index in [2.05, 4.69) is 16.0 Å². The summed E-state index contributed by atoms with van der Waals surface area (Å²) in [6.07, 6.45) is 7.50. The molecule has 2 spiro atoms. The van der Waals surface area contributed by atoms with Crippen LogP contribution in [0.5, 0.6) is 0 Å². The van der Waals surface area contributed by atoms with Gasteiger partial charge in [0, 0.05) is 36.2 Å². The van der Waals surface area contributed by atoms with Crippen LogP contribution in [-0.4, -0.2) is 21.5 Å². The second kappa shape index (κ2) is 4.59. The van der Waals surface area contributed by atoms with Gasteiger partial charge < -0.3 is 0 Å². The lowest BCUT2D eigenvalue weighted by Gasteiger charge is -2.35. The molecule has 1 unspecified atom stereocenters. The normalized spacial score (nSPS) is 30.8. The predicted octanol–water partition coefficient (Wildman–Crippen LogP) is 3.04. The minimum Gasteiger partial charge on any atom is -0.299 e. The Bertz CT molecular complexity index is 891. The summed E-state index contributed by atoms with van der Waals surface area (Å²) >= 11 is 0. The van der Waals surface area contributed by atoms with Gasteiger partial charge in [0.05, 0.1) is 16.8 Å². The van der Waals surface area contributed by atoms with E-state index in [-0.39, 0.29) is 17.0 Å². The Balaban J connectivity index is 1.71. The highest BCUT2D eigenvalue weighted by Crippen LogP contribution is 2.58. The molecule has 2 aromatic heterocycles. The molecule has 120 valence electrons. The molecule has 0 N–H and O–H groups in total. The average Bonchev–Trinajstić information content (AvgIpc) is 3.10. The fourth-order valence-corrected chi connectivity index (χ4v) is 5.21. The Morgan fingerprint density at radius 2 is 1.79 bits per heavy atom. The summed E-state index contributed by atoms with van der Waals surface area (Å²) in [5.74, 6) is 0.285. The van der Waals surface area contributed by atoms with Crippen molar-refractivity contribution in [2.75, 3.05) is 0 Å². The highest BCUT2D eigenvalue weighted by Gasteiger charge is 2.61. The minimum atomic E-state index is -0.742. The number of Topliss-reactive ketones (excluding diaryl/α,β-unsaturated/α-hetero) is 2. The number of nitrogens with zero attached hydrogens (tertiary/aromatic N) is 2. The number of pyridine rings is 2. The van der Waals surface area contributed by atoms with Gasteiger partial charge in [0.2, 0.25) is 0 Å². The molecule has 24 heavy (non-hydrogen) atoms. The molecule has 2 heterocycles. The van der Waals surface area contributed by atoms with E-state index in [4.69, 9.17) is 0 Å². The molecular weight excluding hydrogens is 300 g/mol. The van der Waals surface area contributed by atoms with Crippen molar-refractivity contribution >= 4 is 11.6 Å². The Kier molecular flexibility index (Phi) is 2.68. The third-order valence-electron chi connectivity index (χ3n) is 6.20. The van der Waals surface area contributed by atoms with Crippen molar-refractivity contribution < 1.29 is 9.59 Å². The number of aromatic nitrogens is 2. The first-order valence-corrected chi connectivity index (χ1v) is 8.61. The zero-order chi connectivity index (χ0) is 16.4. The molecular formula is C20H18N2O2. The van der Waals surface area contributed by atoms with Crippen LogP contribution in [0.2, 0.25) is 0 Å². The number of hydrogen-bond donors (Lipinski definition) is 0. The number of carbonyl (C=O) groups is 2. The molecule has 0 aromatic carbocycles. The molecule has 5 rings (SSSR count). The van der Waals surface area contributed by atoms with Crippen molar-refractivity contribution in [3.8, 4) is 11.3 Å². The molecule has 0 bridgehead atoms. The molecule has 2 saturated carbocycles. The van der Waals surface area contributed by atoms with Gasteiger partial charge in [-0.25, -0.2) is 0 Å². The first-order chi connectivity index (χ1) is 11.6. The van der Waals surface area contributed by atoms with Crippen LogP contribution in [0.1, 0.15) is 43.4 Å². The van der Waals surface area contributed by atoms with E-state index in [1.807, 2.05) is 18.2 Å². The van der Waals surface area contributed by atoms with Crippen molar-refractivity contribution in [1.82, 2.24) is 9.97 Å². The maximum absolute atomic E-state index is 12.9. The third-order valence-corrected chi connectivity index (χ3v) is 6.20. The number of rotatable bonds is 0. The van der Waals surface area contributed by atoms with E-state index in [0.29, 0.717) is 25.7 Å². The van der Waals surface area contributed by atoms with Crippen molar-refractivity contribution in [2.24, 2.45) is 5.41 Å². The van der Waals surface area contributed by atoms with Crippen LogP contribution in [0.25, 0.3) is 11.3 Å². The molecule has 0 saturated heterocycles. The fraction of sp³-hybridized carbons (Fsp3) is 0.400. The number of ketones is 2. The molecule has 2 atom stereocenters. The van der Waals surface area contributed by atoms with Crippen molar-refractivity contribution in [1.29, 1.82) is 0 Å². The fourth-order valence-electron chi connectivity index (χ4n) is 5.21. The summed E-state index contributed by atoms with van der Waals surface area (Å²) in [6, 6.07) is 8.00. The van der Waals surface area contributed by atoms with Crippen molar-refractivity contribution in [2.45, 2.75) is 43.9 Å². The van der Waals surface area contributed by atoms with Gasteiger partial charge in [-0.2, -0.15) is 0 Å². The summed E-state index contributed by atoms with van der Waals surface area (Å²) in [5, 5.41) is 0. The lowest BCUT2D eigenvalue weighted by molar-refractivity contribution is -0.136. The number of fused-ring (bicyclic) bond motifs is 4. The number of hydrogen-bond acceptors (Lipinski definition) is 4. The summed E-state index contributed by atoms with van der Waals surface area (Å²) in [7, 11) is 0. The van der Waals surface area contributed by atoms with Crippen LogP contribution in [0.4, 0.5) is 0 Å². The van der Waals surface area contributed by atoms with Gasteiger partial charge in [-0.15, -0.1) is 0 Å². The average molecular weight is 318 g/mol. The second-order valence-corrected chi connectivity index (χ2v) is 7.50. The van der Waals surface area contributed by atoms with Crippen LogP contribution >= 0.6 is 0 Å². The topological polar surface area (TPSA) is 59.9 Å². The second-order valence-electron chi connectivity index (χ2n) is 7.50. The molecule has 0 amide bonds. The zero-order valence-electron chi connectivity index (χ0n) is 13.4. The predicted molar refractivity (Wildman–Crippen MR) is 88.4 cm³/mol. The first kappa shape index (κ1) is 14.0. The van der Waals surface area contributed by atoms with Crippen molar-refractivity contribution in [3.05, 3.63) is 47.9 Å². The van der Waals surface area contributed by atoms with Gasteiger partial charge in [-0.3, -0.25) is 19.6 Å². The molecule has 0 aliphatic heterocycles. The van der Waals surface area contributed by atoms with Gasteiger partial charge in [-0.1, -0.05) is 6.07 Å². The van der Waals surface area contributed by atoms with Gasteiger partial charge in [-0.05, 0) is 49.4 Å². The SMILES string of the molecule is O=C1CCC[C@]12CC1(CC2=O)Cc2cccnc2-c2cccnc21. The van der Waals surface area contributed by atoms with E-state index in [9.17, 15) is 9.59 Å². The summed E-state index contributed by atoms with van der Waals surface area (Å²) in [5.41, 5.74) is 3.03. The molecule has 2 fully saturated rings. The third kappa shape index (κ3) is 1.63. The van der Waals surface area contributed by atoms with Gasteiger partial charge in [0.1, 0.15) is 11.6 Å². The summed E-state index contributed by atoms with van der Waals surface area (Å²) < 4.78 is 0. The van der Waals surface area contributed by atoms with Crippen LogP contribution in [-0.2, 0) is 21.4 Å². The summed E-state index contributed by atoms with van der Waals surface area (Å²) in [6.45, 7) is 0. The monoisotopic (exact) mass is 318 g/mol. The van der Waals surface area contributed by atoms with Gasteiger partial charge in [0.25, 0.3) is 0 Å². The van der Waals surface area contributed by atoms with E-state index in [1.165, 1.54) is 0 Å². The van der Waals surface area contributed by atoms with Gasteiger partial charge in [0.15, 0.2) is 0 Å². The van der Waals surface area contributed by atoms with E-state index >= 15 is 0 Å². The quantitative estimate of drug-likeness (QED) is 0.701. The molecule has 3 aliphatic carbocycles. The molecule has 4 heteroatoms. The Morgan fingerprint density at radius 1 is 0.958 bits per heavy atom. The highest BCUT2D eigenvalue weighted by atomic mass is 16.2. The molecule has 4 nitrogen and oxygen atoms in total. The Hall–Kier alpha value is -2.36. The Morgan fingerprint density at radius 3 is 2.62 bits per heavy atom. The maximum atomic E-state index is 12.9. The minimum absolute atomic E-state index is 0.133. The molecule has 0 radical (unpaired) electrons. The van der Waals surface area contributed by atoms with Crippen LogP contribution in [0, 0.1) is 5.41 Å².